The lowest BCUT2D eigenvalue weighted by atomic mass is 10.1. The van der Waals surface area contributed by atoms with Gasteiger partial charge in [-0.1, -0.05) is 0 Å². The van der Waals surface area contributed by atoms with Gasteiger partial charge in [-0.2, -0.15) is 0 Å². The number of hydrogen-bond donors (Lipinski definition) is 2. The van der Waals surface area contributed by atoms with E-state index in [1.165, 1.54) is 6.20 Å². The van der Waals surface area contributed by atoms with E-state index in [0.29, 0.717) is 24.5 Å². The zero-order valence-corrected chi connectivity index (χ0v) is 10.5. The van der Waals surface area contributed by atoms with Gasteiger partial charge >= 0.3 is 0 Å². The molecule has 7 heteroatoms. The van der Waals surface area contributed by atoms with E-state index in [2.05, 4.69) is 20.3 Å². The molecule has 0 aliphatic carbocycles. The van der Waals surface area contributed by atoms with Crippen molar-refractivity contribution >= 4 is 5.91 Å². The third kappa shape index (κ3) is 2.37. The number of H-pyrrole nitrogens is 1. The van der Waals surface area contributed by atoms with E-state index < -0.39 is 0 Å². The van der Waals surface area contributed by atoms with Crippen molar-refractivity contribution in [1.29, 1.82) is 0 Å². The van der Waals surface area contributed by atoms with E-state index in [4.69, 9.17) is 4.74 Å². The molecule has 1 aliphatic rings. The Kier molecular flexibility index (Phi) is 3.16. The monoisotopic (exact) mass is 272 g/mol. The van der Waals surface area contributed by atoms with Crippen molar-refractivity contribution in [3.8, 4) is 5.75 Å². The van der Waals surface area contributed by atoms with Gasteiger partial charge in [-0.05, 0) is 12.1 Å². The molecule has 0 aromatic carbocycles. The molecule has 2 aromatic heterocycles. The maximum absolute atomic E-state index is 12.1. The molecular formula is C13H12N4O3. The van der Waals surface area contributed by atoms with Crippen LogP contribution in [0.2, 0.25) is 0 Å². The second-order valence-corrected chi connectivity index (χ2v) is 4.35. The van der Waals surface area contributed by atoms with Crippen LogP contribution in [-0.2, 0) is 0 Å². The highest BCUT2D eigenvalue weighted by Gasteiger charge is 2.24. The molecular weight excluding hydrogens is 260 g/mol. The molecule has 1 atom stereocenters. The minimum absolute atomic E-state index is 0.161. The normalized spacial score (nSPS) is 16.9. The van der Waals surface area contributed by atoms with Gasteiger partial charge in [0.05, 0.1) is 18.8 Å². The molecule has 0 saturated heterocycles. The second kappa shape index (κ2) is 5.12. The summed E-state index contributed by atoms with van der Waals surface area (Å²) in [7, 11) is 0. The molecule has 0 bridgehead atoms. The van der Waals surface area contributed by atoms with Crippen molar-refractivity contribution in [1.82, 2.24) is 20.3 Å². The van der Waals surface area contributed by atoms with Crippen molar-refractivity contribution in [2.75, 3.05) is 6.61 Å². The summed E-state index contributed by atoms with van der Waals surface area (Å²) in [6.07, 6.45) is 4.66. The number of carbonyl (C=O) groups excluding carboxylic acids is 1. The number of aromatic nitrogens is 3. The van der Waals surface area contributed by atoms with Crippen LogP contribution in [-0.4, -0.2) is 27.5 Å². The van der Waals surface area contributed by atoms with Gasteiger partial charge in [0.15, 0.2) is 0 Å². The Morgan fingerprint density at radius 1 is 1.45 bits per heavy atom. The van der Waals surface area contributed by atoms with Gasteiger partial charge in [-0.3, -0.25) is 14.6 Å². The zero-order chi connectivity index (χ0) is 13.9. The first-order valence-corrected chi connectivity index (χ1v) is 6.17. The SMILES string of the molecule is O=C(NC1CCOc2cccnc21)c1c[nH]c(=O)cn1. The van der Waals surface area contributed by atoms with E-state index in [-0.39, 0.29) is 23.2 Å². The highest BCUT2D eigenvalue weighted by Crippen LogP contribution is 2.29. The van der Waals surface area contributed by atoms with Gasteiger partial charge in [0, 0.05) is 18.8 Å². The van der Waals surface area contributed by atoms with Crippen LogP contribution in [0.4, 0.5) is 0 Å². The van der Waals surface area contributed by atoms with Gasteiger partial charge in [0.2, 0.25) is 0 Å². The molecule has 2 N–H and O–H groups in total. The molecule has 0 saturated carbocycles. The topological polar surface area (TPSA) is 97.0 Å². The Morgan fingerprint density at radius 3 is 3.15 bits per heavy atom. The number of carbonyl (C=O) groups is 1. The molecule has 0 fully saturated rings. The third-order valence-electron chi connectivity index (χ3n) is 3.00. The Bertz CT molecular complexity index is 678. The lowest BCUT2D eigenvalue weighted by molar-refractivity contribution is 0.0917. The third-order valence-corrected chi connectivity index (χ3v) is 3.00. The smallest absolute Gasteiger partial charge is 0.271 e. The summed E-state index contributed by atoms with van der Waals surface area (Å²) in [5, 5.41) is 2.84. The predicted molar refractivity (Wildman–Crippen MR) is 69.4 cm³/mol. The highest BCUT2D eigenvalue weighted by molar-refractivity contribution is 5.92. The maximum Gasteiger partial charge on any atom is 0.271 e. The van der Waals surface area contributed by atoms with Crippen LogP contribution >= 0.6 is 0 Å². The fourth-order valence-corrected chi connectivity index (χ4v) is 2.05. The minimum atomic E-state index is -0.357. The standard InChI is InChI=1S/C13H12N4O3/c18-11-7-15-9(6-16-11)13(19)17-8-3-5-20-10-2-1-4-14-12(8)10/h1-2,4,6-8H,3,5H2,(H,16,18)(H,17,19). The van der Waals surface area contributed by atoms with Crippen LogP contribution in [0.3, 0.4) is 0 Å². The molecule has 3 heterocycles. The first-order valence-electron chi connectivity index (χ1n) is 6.17. The molecule has 0 spiro atoms. The number of hydrogen-bond acceptors (Lipinski definition) is 5. The molecule has 1 unspecified atom stereocenters. The van der Waals surface area contributed by atoms with Crippen LogP contribution in [0, 0.1) is 0 Å². The highest BCUT2D eigenvalue weighted by atomic mass is 16.5. The van der Waals surface area contributed by atoms with E-state index in [1.54, 1.807) is 12.3 Å². The summed E-state index contributed by atoms with van der Waals surface area (Å²) in [6.45, 7) is 0.517. The molecule has 7 nitrogen and oxygen atoms in total. The number of ether oxygens (including phenoxy) is 1. The summed E-state index contributed by atoms with van der Waals surface area (Å²) in [4.78, 5) is 33.4. The molecule has 2 aromatic rings. The van der Waals surface area contributed by atoms with Gasteiger partial charge in [-0.25, -0.2) is 4.98 Å². The number of nitrogens with one attached hydrogen (secondary N) is 2. The minimum Gasteiger partial charge on any atom is -0.491 e. The Balaban J connectivity index is 1.80. The quantitative estimate of drug-likeness (QED) is 0.825. The summed E-state index contributed by atoms with van der Waals surface area (Å²) in [5.74, 6) is 0.322. The van der Waals surface area contributed by atoms with Crippen molar-refractivity contribution in [3.63, 3.8) is 0 Å². The molecule has 3 rings (SSSR count). The van der Waals surface area contributed by atoms with E-state index in [9.17, 15) is 9.59 Å². The number of amides is 1. The molecule has 102 valence electrons. The lowest BCUT2D eigenvalue weighted by Gasteiger charge is -2.25. The van der Waals surface area contributed by atoms with Crippen molar-refractivity contribution in [3.05, 3.63) is 52.5 Å². The van der Waals surface area contributed by atoms with Crippen LogP contribution in [0.25, 0.3) is 0 Å². The number of nitrogens with zero attached hydrogens (tertiary/aromatic N) is 2. The van der Waals surface area contributed by atoms with Crippen LogP contribution in [0.5, 0.6) is 5.75 Å². The summed E-state index contributed by atoms with van der Waals surface area (Å²) in [5.41, 5.74) is 0.518. The fraction of sp³-hybridized carbons (Fsp3) is 0.231. The van der Waals surface area contributed by atoms with Gasteiger partial charge in [-0.15, -0.1) is 0 Å². The van der Waals surface area contributed by atoms with Gasteiger partial charge < -0.3 is 15.0 Å². The Morgan fingerprint density at radius 2 is 2.35 bits per heavy atom. The largest absolute Gasteiger partial charge is 0.491 e. The van der Waals surface area contributed by atoms with Crippen molar-refractivity contribution < 1.29 is 9.53 Å². The first-order chi connectivity index (χ1) is 9.74. The van der Waals surface area contributed by atoms with Crippen molar-refractivity contribution in [2.45, 2.75) is 12.5 Å². The predicted octanol–water partition coefficient (Wildman–Crippen LogP) is 0.419. The summed E-state index contributed by atoms with van der Waals surface area (Å²) in [6, 6.07) is 3.38. The average Bonchev–Trinajstić information content (AvgIpc) is 2.48. The Hall–Kier alpha value is -2.70. The fourth-order valence-electron chi connectivity index (χ4n) is 2.05. The molecule has 1 amide bonds. The van der Waals surface area contributed by atoms with E-state index in [1.807, 2.05) is 6.07 Å². The van der Waals surface area contributed by atoms with Crippen LogP contribution in [0.15, 0.2) is 35.5 Å². The summed E-state index contributed by atoms with van der Waals surface area (Å²) < 4.78 is 5.48. The van der Waals surface area contributed by atoms with Crippen LogP contribution in [0.1, 0.15) is 28.6 Å². The molecule has 1 aliphatic heterocycles. The van der Waals surface area contributed by atoms with E-state index >= 15 is 0 Å². The maximum atomic E-state index is 12.1. The van der Waals surface area contributed by atoms with E-state index in [0.717, 1.165) is 6.20 Å². The Labute approximate surface area is 114 Å². The number of fused-ring (bicyclic) bond motifs is 1. The second-order valence-electron chi connectivity index (χ2n) is 4.35. The number of pyridine rings is 1. The van der Waals surface area contributed by atoms with Gasteiger partial charge in [0.1, 0.15) is 17.1 Å². The van der Waals surface area contributed by atoms with Crippen molar-refractivity contribution in [2.24, 2.45) is 0 Å². The van der Waals surface area contributed by atoms with Gasteiger partial charge in [0.25, 0.3) is 11.5 Å². The molecule has 20 heavy (non-hydrogen) atoms. The van der Waals surface area contributed by atoms with Crippen LogP contribution < -0.4 is 15.6 Å². The zero-order valence-electron chi connectivity index (χ0n) is 10.5. The number of rotatable bonds is 2. The first kappa shape index (κ1) is 12.3. The molecule has 0 radical (unpaired) electrons. The average molecular weight is 272 g/mol. The number of aromatic amines is 1. The summed E-state index contributed by atoms with van der Waals surface area (Å²) >= 11 is 0. The lowest BCUT2D eigenvalue weighted by Crippen LogP contribution is -2.33.